The normalized spacial score (nSPS) is 12.2. The van der Waals surface area contributed by atoms with E-state index in [4.69, 9.17) is 0 Å². The van der Waals surface area contributed by atoms with Gasteiger partial charge in [-0.3, -0.25) is 8.51 Å². The molecule has 1 unspecified atom stereocenters. The fourth-order valence-corrected chi connectivity index (χ4v) is 2.44. The van der Waals surface area contributed by atoms with Crippen LogP contribution in [0.5, 0.6) is 0 Å². The van der Waals surface area contributed by atoms with Crippen molar-refractivity contribution in [3.8, 4) is 0 Å². The number of anilines is 2. The second kappa shape index (κ2) is 5.33. The van der Waals surface area contributed by atoms with Crippen molar-refractivity contribution in [3.05, 3.63) is 59.7 Å². The summed E-state index contributed by atoms with van der Waals surface area (Å²) < 4.78 is 24.2. The molecule has 4 heteroatoms. The van der Waals surface area contributed by atoms with E-state index in [1.54, 1.807) is 18.2 Å². The van der Waals surface area contributed by atoms with E-state index >= 15 is 0 Å². The van der Waals surface area contributed by atoms with Gasteiger partial charge in [-0.25, -0.2) is 0 Å². The Bertz CT molecular complexity index is 566. The van der Waals surface area contributed by atoms with E-state index in [1.165, 1.54) is 4.31 Å². The SMILES string of the molecule is Cc1ccc(N(c2ccccc2C)S(=O)[O-])cc1. The van der Waals surface area contributed by atoms with Crippen molar-refractivity contribution in [2.24, 2.45) is 0 Å². The molecule has 0 saturated heterocycles. The maximum Gasteiger partial charge on any atom is 0.0567 e. The number of para-hydroxylation sites is 1. The van der Waals surface area contributed by atoms with Crippen molar-refractivity contribution >= 4 is 22.6 Å². The molecule has 0 N–H and O–H groups in total. The first-order valence-corrected chi connectivity index (χ1v) is 6.64. The zero-order chi connectivity index (χ0) is 13.1. The largest absolute Gasteiger partial charge is 0.755 e. The molecule has 0 aliphatic rings. The predicted octanol–water partition coefficient (Wildman–Crippen LogP) is 3.24. The second-order valence-electron chi connectivity index (χ2n) is 4.13. The van der Waals surface area contributed by atoms with E-state index in [2.05, 4.69) is 0 Å². The summed E-state index contributed by atoms with van der Waals surface area (Å²) in [5.41, 5.74) is 3.33. The Kier molecular flexibility index (Phi) is 3.79. The lowest BCUT2D eigenvalue weighted by atomic mass is 10.2. The molecule has 0 aliphatic heterocycles. The highest BCUT2D eigenvalue weighted by molar-refractivity contribution is 7.81. The Morgan fingerprint density at radius 1 is 1.00 bits per heavy atom. The summed E-state index contributed by atoms with van der Waals surface area (Å²) in [6, 6.07) is 14.8. The Balaban J connectivity index is 2.50. The molecule has 0 saturated carbocycles. The third-order valence-corrected chi connectivity index (χ3v) is 3.46. The smallest absolute Gasteiger partial charge is 0.0567 e. The van der Waals surface area contributed by atoms with Gasteiger partial charge >= 0.3 is 0 Å². The standard InChI is InChI=1S/C14H15NO2S/c1-11-7-9-13(10-8-11)15(18(16)17)14-6-4-3-5-12(14)2/h3-10H,1-2H3,(H,16,17)/p-1. The van der Waals surface area contributed by atoms with Crippen molar-refractivity contribution < 1.29 is 8.76 Å². The van der Waals surface area contributed by atoms with E-state index in [-0.39, 0.29) is 0 Å². The molecular weight excluding hydrogens is 246 g/mol. The number of rotatable bonds is 3. The van der Waals surface area contributed by atoms with Crippen molar-refractivity contribution in [1.82, 2.24) is 0 Å². The lowest BCUT2D eigenvalue weighted by Gasteiger charge is -2.27. The summed E-state index contributed by atoms with van der Waals surface area (Å²) in [6.45, 7) is 3.86. The van der Waals surface area contributed by atoms with Gasteiger partial charge in [0.25, 0.3) is 0 Å². The Morgan fingerprint density at radius 3 is 2.17 bits per heavy atom. The number of aryl methyl sites for hydroxylation is 2. The van der Waals surface area contributed by atoms with E-state index < -0.39 is 11.3 Å². The van der Waals surface area contributed by atoms with E-state index in [9.17, 15) is 8.76 Å². The van der Waals surface area contributed by atoms with Crippen LogP contribution in [-0.2, 0) is 11.3 Å². The number of nitrogens with zero attached hydrogens (tertiary/aromatic N) is 1. The van der Waals surface area contributed by atoms with Crippen LogP contribution < -0.4 is 4.31 Å². The van der Waals surface area contributed by atoms with Crippen LogP contribution in [0.25, 0.3) is 0 Å². The molecule has 0 bridgehead atoms. The summed E-state index contributed by atoms with van der Waals surface area (Å²) in [5, 5.41) is 0. The van der Waals surface area contributed by atoms with Crippen LogP contribution in [0.1, 0.15) is 11.1 Å². The Labute approximate surface area is 109 Å². The highest BCUT2D eigenvalue weighted by Gasteiger charge is 2.11. The molecule has 2 rings (SSSR count). The quantitative estimate of drug-likeness (QED) is 0.795. The maximum absolute atomic E-state index is 11.5. The fourth-order valence-electron chi connectivity index (χ4n) is 1.78. The van der Waals surface area contributed by atoms with Gasteiger partial charge in [0.15, 0.2) is 0 Å². The van der Waals surface area contributed by atoms with Gasteiger partial charge in [0.1, 0.15) is 0 Å². The summed E-state index contributed by atoms with van der Waals surface area (Å²) in [4.78, 5) is 0. The summed E-state index contributed by atoms with van der Waals surface area (Å²) in [7, 11) is 0. The molecule has 0 aliphatic carbocycles. The van der Waals surface area contributed by atoms with E-state index in [1.807, 2.05) is 44.2 Å². The minimum Gasteiger partial charge on any atom is -0.755 e. The first kappa shape index (κ1) is 12.8. The molecule has 3 nitrogen and oxygen atoms in total. The molecule has 94 valence electrons. The number of hydrogen-bond acceptors (Lipinski definition) is 2. The second-order valence-corrected chi connectivity index (χ2v) is 4.93. The number of benzene rings is 2. The fraction of sp³-hybridized carbons (Fsp3) is 0.143. The molecule has 0 amide bonds. The van der Waals surface area contributed by atoms with Gasteiger partial charge in [0.2, 0.25) is 0 Å². The van der Waals surface area contributed by atoms with Gasteiger partial charge in [0, 0.05) is 0 Å². The lowest BCUT2D eigenvalue weighted by molar-refractivity contribution is 0.537. The van der Waals surface area contributed by atoms with Gasteiger partial charge in [-0.15, -0.1) is 0 Å². The predicted molar refractivity (Wildman–Crippen MR) is 73.4 cm³/mol. The molecule has 0 heterocycles. The summed E-state index contributed by atoms with van der Waals surface area (Å²) in [6.07, 6.45) is 0. The summed E-state index contributed by atoms with van der Waals surface area (Å²) in [5.74, 6) is 0. The zero-order valence-electron chi connectivity index (χ0n) is 10.3. The minimum absolute atomic E-state index is 0.642. The highest BCUT2D eigenvalue weighted by atomic mass is 32.2. The third kappa shape index (κ3) is 2.60. The minimum atomic E-state index is -2.34. The lowest BCUT2D eigenvalue weighted by Crippen LogP contribution is -2.20. The zero-order valence-corrected chi connectivity index (χ0v) is 11.1. The Morgan fingerprint density at radius 2 is 1.61 bits per heavy atom. The molecule has 2 aromatic carbocycles. The maximum atomic E-state index is 11.5. The van der Waals surface area contributed by atoms with Gasteiger partial charge in [-0.05, 0) is 37.6 Å². The molecule has 2 aromatic rings. The molecule has 0 aromatic heterocycles. The van der Waals surface area contributed by atoms with Gasteiger partial charge < -0.3 is 4.55 Å². The highest BCUT2D eigenvalue weighted by Crippen LogP contribution is 2.29. The van der Waals surface area contributed by atoms with Crippen LogP contribution >= 0.6 is 0 Å². The van der Waals surface area contributed by atoms with Crippen LogP contribution in [-0.4, -0.2) is 8.76 Å². The molecule has 0 spiro atoms. The first-order valence-electron chi connectivity index (χ1n) is 5.61. The van der Waals surface area contributed by atoms with Gasteiger partial charge in [0.05, 0.1) is 22.6 Å². The topological polar surface area (TPSA) is 43.4 Å². The monoisotopic (exact) mass is 260 g/mol. The summed E-state index contributed by atoms with van der Waals surface area (Å²) >= 11 is -2.34. The van der Waals surface area contributed by atoms with E-state index in [0.717, 1.165) is 11.1 Å². The molecule has 18 heavy (non-hydrogen) atoms. The molecule has 0 fully saturated rings. The van der Waals surface area contributed by atoms with Crippen LogP contribution in [0.2, 0.25) is 0 Å². The first-order chi connectivity index (χ1) is 8.59. The third-order valence-electron chi connectivity index (χ3n) is 2.75. The van der Waals surface area contributed by atoms with Crippen molar-refractivity contribution in [2.45, 2.75) is 13.8 Å². The van der Waals surface area contributed by atoms with Crippen LogP contribution in [0.3, 0.4) is 0 Å². The Hall–Kier alpha value is -1.65. The van der Waals surface area contributed by atoms with E-state index in [0.29, 0.717) is 11.4 Å². The average molecular weight is 260 g/mol. The van der Waals surface area contributed by atoms with Gasteiger partial charge in [-0.1, -0.05) is 35.9 Å². The van der Waals surface area contributed by atoms with Crippen molar-refractivity contribution in [1.29, 1.82) is 0 Å². The number of hydrogen-bond donors (Lipinski definition) is 0. The van der Waals surface area contributed by atoms with Crippen molar-refractivity contribution in [2.75, 3.05) is 4.31 Å². The molecule has 0 radical (unpaired) electrons. The van der Waals surface area contributed by atoms with Crippen LogP contribution in [0, 0.1) is 13.8 Å². The van der Waals surface area contributed by atoms with Crippen molar-refractivity contribution in [3.63, 3.8) is 0 Å². The molecule has 1 atom stereocenters. The van der Waals surface area contributed by atoms with Crippen LogP contribution in [0.4, 0.5) is 11.4 Å². The average Bonchev–Trinajstić information content (AvgIpc) is 2.34. The molecular formula is C14H14NO2S-. The van der Waals surface area contributed by atoms with Gasteiger partial charge in [-0.2, -0.15) is 0 Å². The van der Waals surface area contributed by atoms with Crippen LogP contribution in [0.15, 0.2) is 48.5 Å².